The summed E-state index contributed by atoms with van der Waals surface area (Å²) in [6.45, 7) is 4.26. The topological polar surface area (TPSA) is 42.4 Å². The van der Waals surface area contributed by atoms with Gasteiger partial charge in [0.1, 0.15) is 12.4 Å². The highest BCUT2D eigenvalue weighted by molar-refractivity contribution is 7.11. The SMILES string of the molecule is Cc1ncc(COc2ccc([C@H](C)O)cc2)s1. The van der Waals surface area contributed by atoms with Crippen molar-refractivity contribution in [3.63, 3.8) is 0 Å². The molecule has 1 aromatic heterocycles. The highest BCUT2D eigenvalue weighted by Crippen LogP contribution is 2.19. The largest absolute Gasteiger partial charge is 0.488 e. The minimum absolute atomic E-state index is 0.437. The molecule has 0 fully saturated rings. The van der Waals surface area contributed by atoms with Gasteiger partial charge in [0.25, 0.3) is 0 Å². The fourth-order valence-corrected chi connectivity index (χ4v) is 2.18. The highest BCUT2D eigenvalue weighted by Gasteiger charge is 2.02. The Bertz CT molecular complexity index is 476. The molecule has 1 heterocycles. The molecule has 1 aromatic carbocycles. The molecule has 3 nitrogen and oxygen atoms in total. The number of benzene rings is 1. The second-order valence-electron chi connectivity index (χ2n) is 3.88. The quantitative estimate of drug-likeness (QED) is 0.905. The van der Waals surface area contributed by atoms with Crippen molar-refractivity contribution < 1.29 is 9.84 Å². The Hall–Kier alpha value is -1.39. The molecule has 0 unspecified atom stereocenters. The molecule has 1 atom stereocenters. The third-order valence-corrected chi connectivity index (χ3v) is 3.30. The maximum Gasteiger partial charge on any atom is 0.124 e. The maximum absolute atomic E-state index is 9.38. The number of nitrogens with zero attached hydrogens (tertiary/aromatic N) is 1. The summed E-state index contributed by atoms with van der Waals surface area (Å²) in [4.78, 5) is 5.28. The summed E-state index contributed by atoms with van der Waals surface area (Å²) in [5.74, 6) is 0.806. The Kier molecular flexibility index (Phi) is 3.76. The van der Waals surface area contributed by atoms with Crippen LogP contribution in [0.2, 0.25) is 0 Å². The zero-order chi connectivity index (χ0) is 12.3. The lowest BCUT2D eigenvalue weighted by atomic mass is 10.1. The lowest BCUT2D eigenvalue weighted by molar-refractivity contribution is 0.199. The summed E-state index contributed by atoms with van der Waals surface area (Å²) in [6.07, 6.45) is 1.40. The lowest BCUT2D eigenvalue weighted by Gasteiger charge is -2.07. The smallest absolute Gasteiger partial charge is 0.124 e. The molecule has 0 aliphatic heterocycles. The third kappa shape index (κ3) is 3.28. The minimum Gasteiger partial charge on any atom is -0.488 e. The first-order valence-electron chi connectivity index (χ1n) is 5.47. The van der Waals surface area contributed by atoms with E-state index in [1.807, 2.05) is 37.4 Å². The van der Waals surface area contributed by atoms with E-state index in [4.69, 9.17) is 4.74 Å². The van der Waals surface area contributed by atoms with Crippen molar-refractivity contribution in [3.8, 4) is 5.75 Å². The molecule has 0 radical (unpaired) electrons. The standard InChI is InChI=1S/C13H15NO2S/c1-9(15)11-3-5-12(6-4-11)16-8-13-7-14-10(2)17-13/h3-7,9,15H,8H2,1-2H3/t9-/m0/s1. The van der Waals surface area contributed by atoms with Crippen molar-refractivity contribution in [2.45, 2.75) is 26.6 Å². The van der Waals surface area contributed by atoms with Gasteiger partial charge in [0.05, 0.1) is 16.0 Å². The molecule has 1 N–H and O–H groups in total. The van der Waals surface area contributed by atoms with Gasteiger partial charge in [-0.05, 0) is 31.5 Å². The molecular weight excluding hydrogens is 234 g/mol. The van der Waals surface area contributed by atoms with Gasteiger partial charge in [-0.15, -0.1) is 11.3 Å². The second-order valence-corrected chi connectivity index (χ2v) is 5.20. The fourth-order valence-electron chi connectivity index (χ4n) is 1.47. The van der Waals surface area contributed by atoms with E-state index in [2.05, 4.69) is 4.98 Å². The number of aliphatic hydroxyl groups is 1. The van der Waals surface area contributed by atoms with Crippen molar-refractivity contribution in [3.05, 3.63) is 45.9 Å². The zero-order valence-electron chi connectivity index (χ0n) is 9.88. The number of thiazole rings is 1. The van der Waals surface area contributed by atoms with Crippen LogP contribution in [0.5, 0.6) is 5.75 Å². The van der Waals surface area contributed by atoms with Crippen LogP contribution in [0.4, 0.5) is 0 Å². The molecule has 0 aliphatic rings. The summed E-state index contributed by atoms with van der Waals surface area (Å²) >= 11 is 1.64. The van der Waals surface area contributed by atoms with Gasteiger partial charge in [-0.1, -0.05) is 12.1 Å². The van der Waals surface area contributed by atoms with Crippen molar-refractivity contribution >= 4 is 11.3 Å². The van der Waals surface area contributed by atoms with Gasteiger partial charge in [-0.3, -0.25) is 0 Å². The fraction of sp³-hybridized carbons (Fsp3) is 0.308. The first-order valence-corrected chi connectivity index (χ1v) is 6.29. The monoisotopic (exact) mass is 249 g/mol. The Morgan fingerprint density at radius 3 is 2.59 bits per heavy atom. The lowest BCUT2D eigenvalue weighted by Crippen LogP contribution is -1.94. The first kappa shape index (κ1) is 12.1. The number of hydrogen-bond donors (Lipinski definition) is 1. The van der Waals surface area contributed by atoms with Crippen LogP contribution in [0.15, 0.2) is 30.5 Å². The molecule has 0 aliphatic carbocycles. The molecule has 0 saturated heterocycles. The van der Waals surface area contributed by atoms with E-state index in [1.165, 1.54) is 0 Å². The predicted octanol–water partition coefficient (Wildman–Crippen LogP) is 3.08. The van der Waals surface area contributed by atoms with Crippen molar-refractivity contribution in [2.24, 2.45) is 0 Å². The van der Waals surface area contributed by atoms with Gasteiger partial charge in [0, 0.05) is 6.20 Å². The van der Waals surface area contributed by atoms with Gasteiger partial charge in [-0.25, -0.2) is 4.98 Å². The number of hydrogen-bond acceptors (Lipinski definition) is 4. The second kappa shape index (κ2) is 5.29. The number of aromatic nitrogens is 1. The minimum atomic E-state index is -0.437. The first-order chi connectivity index (χ1) is 8.15. The molecule has 0 spiro atoms. The van der Waals surface area contributed by atoms with Gasteiger partial charge >= 0.3 is 0 Å². The molecular formula is C13H15NO2S. The van der Waals surface area contributed by atoms with E-state index >= 15 is 0 Å². The summed E-state index contributed by atoms with van der Waals surface area (Å²) in [5, 5.41) is 10.4. The van der Waals surface area contributed by atoms with Crippen LogP contribution in [0.25, 0.3) is 0 Å². The van der Waals surface area contributed by atoms with Crippen LogP contribution in [0.3, 0.4) is 0 Å². The van der Waals surface area contributed by atoms with Crippen LogP contribution in [-0.2, 0) is 6.61 Å². The van der Waals surface area contributed by atoms with Crippen LogP contribution in [-0.4, -0.2) is 10.1 Å². The van der Waals surface area contributed by atoms with Crippen molar-refractivity contribution in [1.82, 2.24) is 4.98 Å². The van der Waals surface area contributed by atoms with Crippen LogP contribution < -0.4 is 4.74 Å². The summed E-state index contributed by atoms with van der Waals surface area (Å²) in [6, 6.07) is 7.49. The summed E-state index contributed by atoms with van der Waals surface area (Å²) < 4.78 is 5.63. The highest BCUT2D eigenvalue weighted by atomic mass is 32.1. The van der Waals surface area contributed by atoms with Crippen LogP contribution in [0.1, 0.15) is 28.5 Å². The number of aryl methyl sites for hydroxylation is 1. The van der Waals surface area contributed by atoms with E-state index in [1.54, 1.807) is 18.3 Å². The van der Waals surface area contributed by atoms with Gasteiger partial charge in [0.2, 0.25) is 0 Å². The molecule has 0 bridgehead atoms. The molecule has 0 saturated carbocycles. The molecule has 17 heavy (non-hydrogen) atoms. The van der Waals surface area contributed by atoms with Gasteiger partial charge in [0.15, 0.2) is 0 Å². The number of aliphatic hydroxyl groups excluding tert-OH is 1. The maximum atomic E-state index is 9.38. The van der Waals surface area contributed by atoms with Gasteiger partial charge < -0.3 is 9.84 Å². The Labute approximate surface area is 105 Å². The molecule has 2 rings (SSSR count). The Morgan fingerprint density at radius 1 is 1.35 bits per heavy atom. The Morgan fingerprint density at radius 2 is 2.06 bits per heavy atom. The molecule has 4 heteroatoms. The van der Waals surface area contributed by atoms with Gasteiger partial charge in [-0.2, -0.15) is 0 Å². The molecule has 0 amide bonds. The third-order valence-electron chi connectivity index (χ3n) is 2.41. The average Bonchev–Trinajstić information content (AvgIpc) is 2.73. The van der Waals surface area contributed by atoms with Crippen LogP contribution >= 0.6 is 11.3 Å². The summed E-state index contributed by atoms with van der Waals surface area (Å²) in [7, 11) is 0. The average molecular weight is 249 g/mol. The van der Waals surface area contributed by atoms with E-state index in [-0.39, 0.29) is 0 Å². The normalized spacial score (nSPS) is 12.4. The predicted molar refractivity (Wildman–Crippen MR) is 68.3 cm³/mol. The molecule has 2 aromatic rings. The number of rotatable bonds is 4. The van der Waals surface area contributed by atoms with E-state index in [0.717, 1.165) is 21.2 Å². The van der Waals surface area contributed by atoms with E-state index in [9.17, 15) is 5.11 Å². The van der Waals surface area contributed by atoms with Crippen LogP contribution in [0, 0.1) is 6.92 Å². The number of ether oxygens (including phenoxy) is 1. The van der Waals surface area contributed by atoms with Crippen molar-refractivity contribution in [2.75, 3.05) is 0 Å². The van der Waals surface area contributed by atoms with E-state index < -0.39 is 6.10 Å². The van der Waals surface area contributed by atoms with E-state index in [0.29, 0.717) is 6.61 Å². The molecule has 90 valence electrons. The Balaban J connectivity index is 1.95. The summed E-state index contributed by atoms with van der Waals surface area (Å²) in [5.41, 5.74) is 0.894. The van der Waals surface area contributed by atoms with Crippen molar-refractivity contribution in [1.29, 1.82) is 0 Å². The zero-order valence-corrected chi connectivity index (χ0v) is 10.7.